The molecule has 0 aliphatic rings. The number of rotatable bonds is 6. The van der Waals surface area contributed by atoms with Crippen LogP contribution in [-0.4, -0.2) is 43.1 Å². The van der Waals surface area contributed by atoms with Crippen molar-refractivity contribution in [1.29, 1.82) is 0 Å². The van der Waals surface area contributed by atoms with Gasteiger partial charge in [0.1, 0.15) is 5.65 Å². The van der Waals surface area contributed by atoms with Crippen molar-refractivity contribution in [2.45, 2.75) is 23.9 Å². The Morgan fingerprint density at radius 2 is 1.89 bits per heavy atom. The molecule has 8 heteroatoms. The van der Waals surface area contributed by atoms with Crippen molar-refractivity contribution in [3.05, 3.63) is 71.4 Å². The zero-order valence-corrected chi connectivity index (χ0v) is 17.5. The fraction of sp³-hybridized carbons (Fsp3) is 0.250. The van der Waals surface area contributed by atoms with Gasteiger partial charge in [-0.05, 0) is 57.4 Å². The number of fused-ring (bicyclic) bond motifs is 1. The minimum atomic E-state index is 0.118. The number of aromatic nitrogens is 5. The molecule has 0 bridgehead atoms. The highest BCUT2D eigenvalue weighted by Crippen LogP contribution is 2.29. The van der Waals surface area contributed by atoms with Crippen molar-refractivity contribution in [3.63, 3.8) is 0 Å². The van der Waals surface area contributed by atoms with Crippen molar-refractivity contribution in [1.82, 2.24) is 29.0 Å². The van der Waals surface area contributed by atoms with E-state index in [1.165, 1.54) is 0 Å². The van der Waals surface area contributed by atoms with Crippen LogP contribution in [0.2, 0.25) is 5.02 Å². The first kappa shape index (κ1) is 19.0. The molecule has 28 heavy (non-hydrogen) atoms. The molecule has 0 radical (unpaired) electrons. The van der Waals surface area contributed by atoms with E-state index in [1.807, 2.05) is 67.2 Å². The molecular weight excluding hydrogens is 392 g/mol. The summed E-state index contributed by atoms with van der Waals surface area (Å²) in [7, 11) is 4.07. The van der Waals surface area contributed by atoms with E-state index in [9.17, 15) is 0 Å². The monoisotopic (exact) mass is 412 g/mol. The largest absolute Gasteiger partial charge is 0.307 e. The summed E-state index contributed by atoms with van der Waals surface area (Å²) in [6, 6.07) is 13.9. The Balaban J connectivity index is 1.66. The second kappa shape index (κ2) is 7.95. The van der Waals surface area contributed by atoms with Crippen LogP contribution in [0.3, 0.4) is 0 Å². The molecule has 0 fully saturated rings. The fourth-order valence-corrected chi connectivity index (χ4v) is 3.87. The first-order valence-corrected chi connectivity index (χ1v) is 10.3. The van der Waals surface area contributed by atoms with Gasteiger partial charge >= 0.3 is 0 Å². The van der Waals surface area contributed by atoms with Gasteiger partial charge in [-0.15, -0.1) is 10.2 Å². The highest BCUT2D eigenvalue weighted by Gasteiger charge is 2.21. The van der Waals surface area contributed by atoms with Gasteiger partial charge in [0.05, 0.1) is 11.7 Å². The van der Waals surface area contributed by atoms with Gasteiger partial charge in [-0.2, -0.15) is 0 Å². The zero-order chi connectivity index (χ0) is 19.7. The molecule has 3 aromatic heterocycles. The van der Waals surface area contributed by atoms with E-state index in [-0.39, 0.29) is 6.04 Å². The lowest BCUT2D eigenvalue weighted by atomic mass is 10.2. The molecule has 4 rings (SSSR count). The highest BCUT2D eigenvalue weighted by molar-refractivity contribution is 7.98. The number of thioether (sulfide) groups is 1. The first-order chi connectivity index (χ1) is 13.5. The maximum Gasteiger partial charge on any atom is 0.196 e. The van der Waals surface area contributed by atoms with Crippen molar-refractivity contribution in [2.75, 3.05) is 14.1 Å². The van der Waals surface area contributed by atoms with Gasteiger partial charge < -0.3 is 4.40 Å². The third kappa shape index (κ3) is 3.78. The Morgan fingerprint density at radius 1 is 1.11 bits per heavy atom. The molecule has 0 spiro atoms. The Morgan fingerprint density at radius 3 is 2.61 bits per heavy atom. The molecule has 6 nitrogen and oxygen atoms in total. The molecular formula is C20H21ClN6S. The molecule has 4 aromatic rings. The van der Waals surface area contributed by atoms with Crippen LogP contribution in [-0.2, 0) is 5.75 Å². The van der Waals surface area contributed by atoms with Crippen LogP contribution in [0.1, 0.15) is 24.5 Å². The predicted molar refractivity (Wildman–Crippen MR) is 113 cm³/mol. The third-order valence-electron chi connectivity index (χ3n) is 4.65. The number of hydrogen-bond acceptors (Lipinski definition) is 5. The molecule has 0 unspecified atom stereocenters. The SMILES string of the molecule is C[C@H](c1nnc(SCc2cn3ccccc3n2)n1-c1ccc(Cl)cc1)N(C)C. The summed E-state index contributed by atoms with van der Waals surface area (Å²) in [6.45, 7) is 2.12. The quantitative estimate of drug-likeness (QED) is 0.437. The fourth-order valence-electron chi connectivity index (χ4n) is 2.90. The van der Waals surface area contributed by atoms with Gasteiger partial charge in [0.2, 0.25) is 0 Å². The second-order valence-electron chi connectivity index (χ2n) is 6.78. The molecule has 0 saturated carbocycles. The summed E-state index contributed by atoms with van der Waals surface area (Å²) in [5, 5.41) is 10.5. The maximum atomic E-state index is 6.08. The molecule has 1 aromatic carbocycles. The number of halogens is 1. The van der Waals surface area contributed by atoms with E-state index >= 15 is 0 Å². The van der Waals surface area contributed by atoms with E-state index in [2.05, 4.69) is 37.8 Å². The van der Waals surface area contributed by atoms with Gasteiger partial charge in [0.25, 0.3) is 0 Å². The maximum absolute atomic E-state index is 6.08. The van der Waals surface area contributed by atoms with E-state index in [1.54, 1.807) is 11.8 Å². The van der Waals surface area contributed by atoms with Crippen LogP contribution in [0.5, 0.6) is 0 Å². The van der Waals surface area contributed by atoms with Crippen LogP contribution < -0.4 is 0 Å². The number of imidazole rings is 1. The summed E-state index contributed by atoms with van der Waals surface area (Å²) in [5.74, 6) is 1.61. The lowest BCUT2D eigenvalue weighted by Gasteiger charge is -2.20. The normalized spacial score (nSPS) is 12.8. The Kier molecular flexibility index (Phi) is 5.39. The standard InChI is InChI=1S/C20H21ClN6S/c1-14(25(2)3)19-23-24-20(27(19)17-9-7-15(21)8-10-17)28-13-16-12-26-11-5-4-6-18(26)22-16/h4-12,14H,13H2,1-3H3/t14-/m1/s1. The number of hydrogen-bond donors (Lipinski definition) is 0. The van der Waals surface area contributed by atoms with E-state index in [0.717, 1.165) is 28.0 Å². The second-order valence-corrected chi connectivity index (χ2v) is 8.16. The summed E-state index contributed by atoms with van der Waals surface area (Å²) in [4.78, 5) is 6.79. The summed E-state index contributed by atoms with van der Waals surface area (Å²) in [6.07, 6.45) is 4.05. The smallest absolute Gasteiger partial charge is 0.196 e. The van der Waals surface area contributed by atoms with Gasteiger partial charge in [-0.1, -0.05) is 29.4 Å². The molecule has 0 aliphatic heterocycles. The summed E-state index contributed by atoms with van der Waals surface area (Å²) < 4.78 is 4.13. The number of pyridine rings is 1. The lowest BCUT2D eigenvalue weighted by molar-refractivity contribution is 0.305. The molecule has 1 atom stereocenters. The van der Waals surface area contributed by atoms with Crippen LogP contribution in [0.15, 0.2) is 60.0 Å². The minimum Gasteiger partial charge on any atom is -0.307 e. The van der Waals surface area contributed by atoms with Gasteiger partial charge in [0, 0.05) is 28.9 Å². The Labute approximate surface area is 173 Å². The Bertz CT molecular complexity index is 1050. The van der Waals surface area contributed by atoms with Crippen LogP contribution in [0.4, 0.5) is 0 Å². The average molecular weight is 413 g/mol. The average Bonchev–Trinajstić information content (AvgIpc) is 3.30. The van der Waals surface area contributed by atoms with Crippen molar-refractivity contribution < 1.29 is 0 Å². The molecule has 0 aliphatic carbocycles. The third-order valence-corrected chi connectivity index (χ3v) is 5.87. The minimum absolute atomic E-state index is 0.118. The highest BCUT2D eigenvalue weighted by atomic mass is 35.5. The van der Waals surface area contributed by atoms with Gasteiger partial charge in [0.15, 0.2) is 11.0 Å². The molecule has 0 N–H and O–H groups in total. The van der Waals surface area contributed by atoms with E-state index in [4.69, 9.17) is 11.6 Å². The van der Waals surface area contributed by atoms with Crippen LogP contribution in [0, 0.1) is 0 Å². The van der Waals surface area contributed by atoms with Crippen molar-refractivity contribution in [2.24, 2.45) is 0 Å². The predicted octanol–water partition coefficient (Wildman–Crippen LogP) is 4.48. The van der Waals surface area contributed by atoms with Crippen molar-refractivity contribution in [3.8, 4) is 5.69 Å². The molecule has 3 heterocycles. The van der Waals surface area contributed by atoms with Crippen molar-refractivity contribution >= 4 is 29.0 Å². The molecule has 144 valence electrons. The van der Waals surface area contributed by atoms with E-state index in [0.29, 0.717) is 10.8 Å². The first-order valence-electron chi connectivity index (χ1n) is 8.96. The summed E-state index contributed by atoms with van der Waals surface area (Å²) in [5.41, 5.74) is 2.94. The molecule has 0 saturated heterocycles. The van der Waals surface area contributed by atoms with Crippen LogP contribution >= 0.6 is 23.4 Å². The van der Waals surface area contributed by atoms with E-state index < -0.39 is 0 Å². The zero-order valence-electron chi connectivity index (χ0n) is 16.0. The number of benzene rings is 1. The van der Waals surface area contributed by atoms with Gasteiger partial charge in [-0.25, -0.2) is 4.98 Å². The Hall–Kier alpha value is -2.35. The molecule has 0 amide bonds. The van der Waals surface area contributed by atoms with Crippen LogP contribution in [0.25, 0.3) is 11.3 Å². The lowest BCUT2D eigenvalue weighted by Crippen LogP contribution is -2.20. The topological polar surface area (TPSA) is 51.2 Å². The number of nitrogens with zero attached hydrogens (tertiary/aromatic N) is 6. The van der Waals surface area contributed by atoms with Gasteiger partial charge in [-0.3, -0.25) is 9.47 Å². The summed E-state index contributed by atoms with van der Waals surface area (Å²) >= 11 is 7.71.